The summed E-state index contributed by atoms with van der Waals surface area (Å²) in [5.41, 5.74) is 1.29. The van der Waals surface area contributed by atoms with E-state index in [2.05, 4.69) is 60.0 Å². The zero-order valence-electron chi connectivity index (χ0n) is 12.4. The Bertz CT molecular complexity index is 638. The standard InChI is InChI=1S/C18H22N2O/c1-2-19-9-10-20-18(21)17-12-16(17)15-8-7-13-5-3-4-6-14(13)11-15/h3-8,11,16-17,19H,2,9-10,12H2,1H3,(H,20,21). The van der Waals surface area contributed by atoms with Gasteiger partial charge in [-0.15, -0.1) is 0 Å². The van der Waals surface area contributed by atoms with Crippen LogP contribution in [0.1, 0.15) is 24.8 Å². The fourth-order valence-electron chi connectivity index (χ4n) is 2.87. The average molecular weight is 282 g/mol. The van der Waals surface area contributed by atoms with Crippen LogP contribution in [0.2, 0.25) is 0 Å². The Labute approximate surface area is 125 Å². The van der Waals surface area contributed by atoms with Crippen molar-refractivity contribution in [3.8, 4) is 0 Å². The lowest BCUT2D eigenvalue weighted by Gasteiger charge is -2.06. The van der Waals surface area contributed by atoms with E-state index in [0.29, 0.717) is 12.5 Å². The van der Waals surface area contributed by atoms with E-state index >= 15 is 0 Å². The van der Waals surface area contributed by atoms with Gasteiger partial charge >= 0.3 is 0 Å². The Morgan fingerprint density at radius 3 is 2.76 bits per heavy atom. The molecule has 21 heavy (non-hydrogen) atoms. The Hall–Kier alpha value is -1.87. The van der Waals surface area contributed by atoms with Crippen molar-refractivity contribution in [3.63, 3.8) is 0 Å². The van der Waals surface area contributed by atoms with Crippen LogP contribution < -0.4 is 10.6 Å². The highest BCUT2D eigenvalue weighted by atomic mass is 16.2. The van der Waals surface area contributed by atoms with Crippen molar-refractivity contribution in [2.45, 2.75) is 19.3 Å². The molecule has 2 atom stereocenters. The largest absolute Gasteiger partial charge is 0.355 e. The van der Waals surface area contributed by atoms with Crippen LogP contribution in [0.15, 0.2) is 42.5 Å². The third kappa shape index (κ3) is 3.24. The first-order valence-electron chi connectivity index (χ1n) is 7.76. The second kappa shape index (κ2) is 6.27. The molecule has 0 aromatic heterocycles. The summed E-state index contributed by atoms with van der Waals surface area (Å²) in [7, 11) is 0. The summed E-state index contributed by atoms with van der Waals surface area (Å²) in [4.78, 5) is 12.1. The average Bonchev–Trinajstić information content (AvgIpc) is 3.31. The lowest BCUT2D eigenvalue weighted by molar-refractivity contribution is -0.122. The Kier molecular flexibility index (Phi) is 4.20. The van der Waals surface area contributed by atoms with Gasteiger partial charge in [-0.1, -0.05) is 49.4 Å². The molecule has 2 aromatic rings. The first-order valence-corrected chi connectivity index (χ1v) is 7.76. The summed E-state index contributed by atoms with van der Waals surface area (Å²) < 4.78 is 0. The SMILES string of the molecule is CCNCCNC(=O)C1CC1c1ccc2ccccc2c1. The lowest BCUT2D eigenvalue weighted by atomic mass is 10.0. The van der Waals surface area contributed by atoms with E-state index in [4.69, 9.17) is 0 Å². The molecule has 3 rings (SSSR count). The maximum absolute atomic E-state index is 12.1. The molecule has 0 radical (unpaired) electrons. The van der Waals surface area contributed by atoms with Crippen molar-refractivity contribution in [2.75, 3.05) is 19.6 Å². The molecule has 2 unspecified atom stereocenters. The van der Waals surface area contributed by atoms with Gasteiger partial charge in [0.1, 0.15) is 0 Å². The molecule has 3 heteroatoms. The van der Waals surface area contributed by atoms with Crippen molar-refractivity contribution < 1.29 is 4.79 Å². The predicted molar refractivity (Wildman–Crippen MR) is 86.3 cm³/mol. The summed E-state index contributed by atoms with van der Waals surface area (Å²) in [5, 5.41) is 8.74. The van der Waals surface area contributed by atoms with Crippen LogP contribution in [-0.2, 0) is 4.79 Å². The van der Waals surface area contributed by atoms with Crippen LogP contribution in [0.25, 0.3) is 10.8 Å². The number of rotatable bonds is 6. The molecule has 1 aliphatic rings. The summed E-state index contributed by atoms with van der Waals surface area (Å²) in [6.45, 7) is 4.57. The predicted octanol–water partition coefficient (Wildman–Crippen LogP) is 2.67. The first-order chi connectivity index (χ1) is 10.3. The monoisotopic (exact) mass is 282 g/mol. The van der Waals surface area contributed by atoms with E-state index in [0.717, 1.165) is 19.5 Å². The van der Waals surface area contributed by atoms with Gasteiger partial charge in [0.05, 0.1) is 0 Å². The Balaban J connectivity index is 1.59. The third-order valence-electron chi connectivity index (χ3n) is 4.18. The van der Waals surface area contributed by atoms with E-state index in [-0.39, 0.29) is 11.8 Å². The minimum Gasteiger partial charge on any atom is -0.355 e. The van der Waals surface area contributed by atoms with Crippen LogP contribution in [0.3, 0.4) is 0 Å². The molecular weight excluding hydrogens is 260 g/mol. The maximum Gasteiger partial charge on any atom is 0.223 e. The van der Waals surface area contributed by atoms with Crippen LogP contribution in [0.4, 0.5) is 0 Å². The van der Waals surface area contributed by atoms with Crippen molar-refractivity contribution in [2.24, 2.45) is 5.92 Å². The molecular formula is C18H22N2O. The van der Waals surface area contributed by atoms with Gasteiger partial charge in [0.25, 0.3) is 0 Å². The van der Waals surface area contributed by atoms with Gasteiger partial charge in [-0.2, -0.15) is 0 Å². The van der Waals surface area contributed by atoms with Crippen molar-refractivity contribution in [1.29, 1.82) is 0 Å². The summed E-state index contributed by atoms with van der Waals surface area (Å²) in [6.07, 6.45) is 0.978. The topological polar surface area (TPSA) is 41.1 Å². The number of likely N-dealkylation sites (N-methyl/N-ethyl adjacent to an activating group) is 1. The van der Waals surface area contributed by atoms with Crippen molar-refractivity contribution >= 4 is 16.7 Å². The highest BCUT2D eigenvalue weighted by Gasteiger charge is 2.43. The molecule has 1 aliphatic carbocycles. The number of benzene rings is 2. The van der Waals surface area contributed by atoms with Gasteiger partial charge in [0.15, 0.2) is 0 Å². The van der Waals surface area contributed by atoms with Crippen molar-refractivity contribution in [3.05, 3.63) is 48.0 Å². The number of fused-ring (bicyclic) bond motifs is 1. The van der Waals surface area contributed by atoms with Gasteiger partial charge in [-0.3, -0.25) is 4.79 Å². The molecule has 110 valence electrons. The zero-order valence-corrected chi connectivity index (χ0v) is 12.4. The highest BCUT2D eigenvalue weighted by Crippen LogP contribution is 2.48. The number of hydrogen-bond acceptors (Lipinski definition) is 2. The zero-order chi connectivity index (χ0) is 14.7. The van der Waals surface area contributed by atoms with Crippen LogP contribution >= 0.6 is 0 Å². The number of carbonyl (C=O) groups is 1. The molecule has 2 aromatic carbocycles. The third-order valence-corrected chi connectivity index (χ3v) is 4.18. The molecule has 1 fully saturated rings. The highest BCUT2D eigenvalue weighted by molar-refractivity contribution is 5.85. The van der Waals surface area contributed by atoms with Crippen LogP contribution in [0, 0.1) is 5.92 Å². The van der Waals surface area contributed by atoms with E-state index < -0.39 is 0 Å². The van der Waals surface area contributed by atoms with E-state index in [9.17, 15) is 4.79 Å². The van der Waals surface area contributed by atoms with Gasteiger partial charge in [0, 0.05) is 19.0 Å². The summed E-state index contributed by atoms with van der Waals surface area (Å²) in [6, 6.07) is 14.9. The van der Waals surface area contributed by atoms with Crippen molar-refractivity contribution in [1.82, 2.24) is 10.6 Å². The van der Waals surface area contributed by atoms with E-state index in [1.165, 1.54) is 16.3 Å². The number of hydrogen-bond donors (Lipinski definition) is 2. The molecule has 0 aliphatic heterocycles. The van der Waals surface area contributed by atoms with Gasteiger partial charge in [0.2, 0.25) is 5.91 Å². The number of amides is 1. The second-order valence-corrected chi connectivity index (χ2v) is 5.70. The molecule has 0 heterocycles. The summed E-state index contributed by atoms with van der Waals surface area (Å²) >= 11 is 0. The van der Waals surface area contributed by atoms with Gasteiger partial charge in [-0.25, -0.2) is 0 Å². The van der Waals surface area contributed by atoms with Gasteiger partial charge in [-0.05, 0) is 35.2 Å². The lowest BCUT2D eigenvalue weighted by Crippen LogP contribution is -2.32. The van der Waals surface area contributed by atoms with E-state index in [1.807, 2.05) is 0 Å². The molecule has 0 bridgehead atoms. The fraction of sp³-hybridized carbons (Fsp3) is 0.389. The Morgan fingerprint density at radius 2 is 1.95 bits per heavy atom. The maximum atomic E-state index is 12.1. The van der Waals surface area contributed by atoms with E-state index in [1.54, 1.807) is 0 Å². The fourth-order valence-corrected chi connectivity index (χ4v) is 2.87. The normalized spacial score (nSPS) is 20.4. The molecule has 0 spiro atoms. The molecule has 0 saturated heterocycles. The second-order valence-electron chi connectivity index (χ2n) is 5.70. The number of nitrogens with one attached hydrogen (secondary N) is 2. The molecule has 3 nitrogen and oxygen atoms in total. The quantitative estimate of drug-likeness (QED) is 0.800. The van der Waals surface area contributed by atoms with Crippen LogP contribution in [0.5, 0.6) is 0 Å². The minimum atomic E-state index is 0.160. The smallest absolute Gasteiger partial charge is 0.223 e. The molecule has 2 N–H and O–H groups in total. The minimum absolute atomic E-state index is 0.160. The number of carbonyl (C=O) groups excluding carboxylic acids is 1. The first kappa shape index (κ1) is 14.1. The van der Waals surface area contributed by atoms with Crippen LogP contribution in [-0.4, -0.2) is 25.5 Å². The Morgan fingerprint density at radius 1 is 1.14 bits per heavy atom. The van der Waals surface area contributed by atoms with Gasteiger partial charge < -0.3 is 10.6 Å². The molecule has 1 amide bonds. The molecule has 1 saturated carbocycles. The summed E-state index contributed by atoms with van der Waals surface area (Å²) in [5.74, 6) is 0.757.